The normalized spacial score (nSPS) is 10.0. The van der Waals surface area contributed by atoms with E-state index in [1.807, 2.05) is 6.92 Å². The Morgan fingerprint density at radius 2 is 1.94 bits per heavy atom. The first-order valence-corrected chi connectivity index (χ1v) is 5.80. The average Bonchev–Trinajstić information content (AvgIpc) is 2.38. The van der Waals surface area contributed by atoms with Gasteiger partial charge in [0.25, 0.3) is 0 Å². The first kappa shape index (κ1) is 14.3. The van der Waals surface area contributed by atoms with Gasteiger partial charge in [-0.25, -0.2) is 0 Å². The Hall–Kier alpha value is -1.75. The summed E-state index contributed by atoms with van der Waals surface area (Å²) in [7, 11) is 3.05. The predicted molar refractivity (Wildman–Crippen MR) is 68.7 cm³/mol. The standard InChI is InChI=1S/C13H19NO4/c1-4-18-12-9(10(15)7-8-14)5-6-11(16-2)13(12)17-3/h5-6H,4,7-8,14H2,1-3H3. The lowest BCUT2D eigenvalue weighted by Crippen LogP contribution is -2.11. The summed E-state index contributed by atoms with van der Waals surface area (Å²) in [6.45, 7) is 2.58. The summed E-state index contributed by atoms with van der Waals surface area (Å²) < 4.78 is 15.9. The predicted octanol–water partition coefficient (Wildman–Crippen LogP) is 1.63. The number of carbonyl (C=O) groups excluding carboxylic acids is 1. The van der Waals surface area contributed by atoms with Gasteiger partial charge in [0, 0.05) is 6.42 Å². The fourth-order valence-corrected chi connectivity index (χ4v) is 1.67. The smallest absolute Gasteiger partial charge is 0.204 e. The Balaban J connectivity index is 3.29. The van der Waals surface area contributed by atoms with Crippen LogP contribution in [0.3, 0.4) is 0 Å². The van der Waals surface area contributed by atoms with Crippen LogP contribution in [0.4, 0.5) is 0 Å². The van der Waals surface area contributed by atoms with Crippen LogP contribution in [0.1, 0.15) is 23.7 Å². The van der Waals surface area contributed by atoms with Crippen molar-refractivity contribution < 1.29 is 19.0 Å². The van der Waals surface area contributed by atoms with Crippen LogP contribution in [0.15, 0.2) is 12.1 Å². The summed E-state index contributed by atoms with van der Waals surface area (Å²) in [4.78, 5) is 12.0. The number of benzene rings is 1. The molecule has 0 aromatic heterocycles. The largest absolute Gasteiger partial charge is 0.493 e. The van der Waals surface area contributed by atoms with Gasteiger partial charge in [-0.3, -0.25) is 4.79 Å². The van der Waals surface area contributed by atoms with Crippen LogP contribution in [-0.2, 0) is 0 Å². The molecule has 0 aliphatic heterocycles. The molecule has 0 aliphatic carbocycles. The number of ether oxygens (including phenoxy) is 3. The molecule has 1 aromatic rings. The first-order valence-electron chi connectivity index (χ1n) is 5.80. The van der Waals surface area contributed by atoms with E-state index in [-0.39, 0.29) is 12.2 Å². The molecule has 100 valence electrons. The van der Waals surface area contributed by atoms with Crippen LogP contribution < -0.4 is 19.9 Å². The second kappa shape index (κ2) is 6.86. The molecule has 0 unspecified atom stereocenters. The number of nitrogens with two attached hydrogens (primary N) is 1. The van der Waals surface area contributed by atoms with Gasteiger partial charge in [0.15, 0.2) is 17.3 Å². The molecule has 0 bridgehead atoms. The monoisotopic (exact) mass is 253 g/mol. The van der Waals surface area contributed by atoms with E-state index in [0.29, 0.717) is 36.0 Å². The van der Waals surface area contributed by atoms with Crippen LogP contribution >= 0.6 is 0 Å². The quantitative estimate of drug-likeness (QED) is 0.748. The van der Waals surface area contributed by atoms with Crippen molar-refractivity contribution in [2.24, 2.45) is 5.73 Å². The van der Waals surface area contributed by atoms with Gasteiger partial charge in [0.2, 0.25) is 5.75 Å². The average molecular weight is 253 g/mol. The van der Waals surface area contributed by atoms with Crippen LogP contribution in [0.2, 0.25) is 0 Å². The molecular weight excluding hydrogens is 234 g/mol. The van der Waals surface area contributed by atoms with Gasteiger partial charge in [-0.1, -0.05) is 0 Å². The highest BCUT2D eigenvalue weighted by atomic mass is 16.5. The highest BCUT2D eigenvalue weighted by Crippen LogP contribution is 2.40. The third-order valence-electron chi connectivity index (χ3n) is 2.46. The molecule has 0 spiro atoms. The minimum absolute atomic E-state index is 0.0677. The summed E-state index contributed by atoms with van der Waals surface area (Å²) in [5.41, 5.74) is 5.87. The van der Waals surface area contributed by atoms with E-state index >= 15 is 0 Å². The lowest BCUT2D eigenvalue weighted by molar-refractivity contribution is 0.0981. The molecular formula is C13H19NO4. The van der Waals surface area contributed by atoms with E-state index < -0.39 is 0 Å². The molecule has 1 aromatic carbocycles. The van der Waals surface area contributed by atoms with Gasteiger partial charge in [0.1, 0.15) is 0 Å². The lowest BCUT2D eigenvalue weighted by Gasteiger charge is -2.16. The van der Waals surface area contributed by atoms with Gasteiger partial charge in [-0.05, 0) is 25.6 Å². The third-order valence-corrected chi connectivity index (χ3v) is 2.46. The lowest BCUT2D eigenvalue weighted by atomic mass is 10.1. The molecule has 0 saturated carbocycles. The summed E-state index contributed by atoms with van der Waals surface area (Å²) in [5, 5.41) is 0. The molecule has 0 heterocycles. The third kappa shape index (κ3) is 2.92. The van der Waals surface area contributed by atoms with Crippen LogP contribution in [-0.4, -0.2) is 33.2 Å². The number of rotatable bonds is 7. The van der Waals surface area contributed by atoms with E-state index in [1.54, 1.807) is 12.1 Å². The van der Waals surface area contributed by atoms with Gasteiger partial charge in [-0.15, -0.1) is 0 Å². The molecule has 0 saturated heterocycles. The second-order valence-electron chi connectivity index (χ2n) is 3.57. The number of methoxy groups -OCH3 is 2. The molecule has 5 heteroatoms. The Bertz CT molecular complexity index is 418. The Morgan fingerprint density at radius 3 is 2.44 bits per heavy atom. The summed E-state index contributed by atoms with van der Waals surface area (Å²) in [6, 6.07) is 3.36. The van der Waals surface area contributed by atoms with Gasteiger partial charge in [-0.2, -0.15) is 0 Å². The highest BCUT2D eigenvalue weighted by molar-refractivity contribution is 6.00. The summed E-state index contributed by atoms with van der Waals surface area (Å²) in [5.74, 6) is 1.31. The van der Waals surface area contributed by atoms with Crippen molar-refractivity contribution >= 4 is 5.78 Å². The maximum Gasteiger partial charge on any atom is 0.204 e. The number of ketones is 1. The zero-order valence-electron chi connectivity index (χ0n) is 11.0. The molecule has 2 N–H and O–H groups in total. The second-order valence-corrected chi connectivity index (χ2v) is 3.57. The van der Waals surface area contributed by atoms with Crippen molar-refractivity contribution in [2.75, 3.05) is 27.4 Å². The maximum absolute atomic E-state index is 12.0. The minimum Gasteiger partial charge on any atom is -0.493 e. The summed E-state index contributed by atoms with van der Waals surface area (Å²) in [6.07, 6.45) is 0.273. The highest BCUT2D eigenvalue weighted by Gasteiger charge is 2.20. The minimum atomic E-state index is -0.0677. The fraction of sp³-hybridized carbons (Fsp3) is 0.462. The Kier molecular flexibility index (Phi) is 5.45. The Morgan fingerprint density at radius 1 is 1.22 bits per heavy atom. The molecule has 0 radical (unpaired) electrons. The molecule has 18 heavy (non-hydrogen) atoms. The van der Waals surface area contributed by atoms with Crippen molar-refractivity contribution in [3.8, 4) is 17.2 Å². The topological polar surface area (TPSA) is 70.8 Å². The van der Waals surface area contributed by atoms with E-state index in [0.717, 1.165) is 0 Å². The van der Waals surface area contributed by atoms with Crippen molar-refractivity contribution in [2.45, 2.75) is 13.3 Å². The first-order chi connectivity index (χ1) is 8.69. The van der Waals surface area contributed by atoms with Crippen molar-refractivity contribution in [1.29, 1.82) is 0 Å². The molecule has 0 amide bonds. The zero-order chi connectivity index (χ0) is 13.5. The van der Waals surface area contributed by atoms with Gasteiger partial charge >= 0.3 is 0 Å². The molecule has 0 aliphatic rings. The molecule has 1 rings (SSSR count). The van der Waals surface area contributed by atoms with Crippen LogP contribution in [0.5, 0.6) is 17.2 Å². The number of hydrogen-bond donors (Lipinski definition) is 1. The molecule has 0 atom stereocenters. The molecule has 0 fully saturated rings. The van der Waals surface area contributed by atoms with E-state index in [2.05, 4.69) is 0 Å². The number of Topliss-reactive ketones (excluding diaryl/α,β-unsaturated/α-hetero) is 1. The molecule has 5 nitrogen and oxygen atoms in total. The number of hydrogen-bond acceptors (Lipinski definition) is 5. The maximum atomic E-state index is 12.0. The van der Waals surface area contributed by atoms with Crippen LogP contribution in [0.25, 0.3) is 0 Å². The Labute approximate surface area is 107 Å². The number of carbonyl (C=O) groups is 1. The van der Waals surface area contributed by atoms with E-state index in [1.165, 1.54) is 14.2 Å². The fourth-order valence-electron chi connectivity index (χ4n) is 1.67. The van der Waals surface area contributed by atoms with E-state index in [9.17, 15) is 4.79 Å². The van der Waals surface area contributed by atoms with Crippen molar-refractivity contribution in [3.63, 3.8) is 0 Å². The van der Waals surface area contributed by atoms with Crippen molar-refractivity contribution in [3.05, 3.63) is 17.7 Å². The van der Waals surface area contributed by atoms with Crippen molar-refractivity contribution in [1.82, 2.24) is 0 Å². The van der Waals surface area contributed by atoms with Gasteiger partial charge < -0.3 is 19.9 Å². The SMILES string of the molecule is CCOc1c(C(=O)CCN)ccc(OC)c1OC. The van der Waals surface area contributed by atoms with Gasteiger partial charge in [0.05, 0.1) is 26.4 Å². The van der Waals surface area contributed by atoms with Crippen LogP contribution in [0, 0.1) is 0 Å². The zero-order valence-corrected chi connectivity index (χ0v) is 11.0. The van der Waals surface area contributed by atoms with E-state index in [4.69, 9.17) is 19.9 Å². The summed E-state index contributed by atoms with van der Waals surface area (Å²) >= 11 is 0.